The molecule has 0 radical (unpaired) electrons. The summed E-state index contributed by atoms with van der Waals surface area (Å²) in [6.07, 6.45) is 4.61. The summed E-state index contributed by atoms with van der Waals surface area (Å²) >= 11 is 0. The summed E-state index contributed by atoms with van der Waals surface area (Å²) in [5, 5.41) is 19.1. The van der Waals surface area contributed by atoms with Gasteiger partial charge in [-0.1, -0.05) is 26.8 Å². The molecule has 4 atom stereocenters. The van der Waals surface area contributed by atoms with Gasteiger partial charge in [0.1, 0.15) is 0 Å². The van der Waals surface area contributed by atoms with Crippen molar-refractivity contribution in [2.75, 3.05) is 13.2 Å². The molecule has 1 fully saturated rings. The van der Waals surface area contributed by atoms with Crippen LogP contribution in [0.3, 0.4) is 0 Å². The number of aliphatic hydroxyl groups excluding tert-OH is 2. The quantitative estimate of drug-likeness (QED) is 0.722. The molecule has 0 aliphatic heterocycles. The first-order chi connectivity index (χ1) is 7.54. The molecule has 2 aliphatic rings. The molecule has 0 amide bonds. The van der Waals surface area contributed by atoms with Crippen molar-refractivity contribution in [2.45, 2.75) is 33.6 Å². The third kappa shape index (κ3) is 1.54. The molecule has 2 rings (SSSR count). The molecule has 0 heterocycles. The van der Waals surface area contributed by atoms with Gasteiger partial charge in [-0.3, -0.25) is 0 Å². The van der Waals surface area contributed by atoms with E-state index in [0.717, 1.165) is 6.42 Å². The van der Waals surface area contributed by atoms with E-state index in [9.17, 15) is 10.2 Å². The fourth-order valence-electron chi connectivity index (χ4n) is 3.96. The van der Waals surface area contributed by atoms with Crippen molar-refractivity contribution in [1.29, 1.82) is 0 Å². The van der Waals surface area contributed by atoms with E-state index in [1.54, 1.807) is 0 Å². The summed E-state index contributed by atoms with van der Waals surface area (Å²) in [4.78, 5) is 0. The van der Waals surface area contributed by atoms with Crippen LogP contribution in [0.25, 0.3) is 0 Å². The zero-order chi connectivity index (χ0) is 11.9. The van der Waals surface area contributed by atoms with Crippen LogP contribution in [0.1, 0.15) is 33.6 Å². The van der Waals surface area contributed by atoms with Crippen molar-refractivity contribution < 1.29 is 10.2 Å². The van der Waals surface area contributed by atoms with Crippen molar-refractivity contribution in [1.82, 2.24) is 0 Å². The largest absolute Gasteiger partial charge is 0.396 e. The number of hydrogen-bond acceptors (Lipinski definition) is 2. The summed E-state index contributed by atoms with van der Waals surface area (Å²) in [7, 11) is 0. The average Bonchev–Trinajstić information content (AvgIpc) is 2.42. The number of allylic oxidation sites excluding steroid dienone is 1. The molecule has 2 heteroatoms. The van der Waals surface area contributed by atoms with Crippen LogP contribution in [0.5, 0.6) is 0 Å². The summed E-state index contributed by atoms with van der Waals surface area (Å²) in [6, 6.07) is 0. The predicted octanol–water partition coefficient (Wildman–Crippen LogP) is 2.22. The van der Waals surface area contributed by atoms with Gasteiger partial charge in [0.25, 0.3) is 0 Å². The highest BCUT2D eigenvalue weighted by molar-refractivity contribution is 5.28. The second-order valence-corrected chi connectivity index (χ2v) is 6.08. The van der Waals surface area contributed by atoms with Crippen LogP contribution in [0.2, 0.25) is 0 Å². The Morgan fingerprint density at radius 3 is 2.62 bits per heavy atom. The lowest BCUT2D eigenvalue weighted by Gasteiger charge is -2.45. The van der Waals surface area contributed by atoms with E-state index in [0.29, 0.717) is 23.7 Å². The molecule has 2 bridgehead atoms. The Hall–Kier alpha value is -0.340. The van der Waals surface area contributed by atoms with E-state index in [2.05, 4.69) is 26.8 Å². The van der Waals surface area contributed by atoms with Crippen LogP contribution in [-0.2, 0) is 0 Å². The highest BCUT2D eigenvalue weighted by atomic mass is 16.3. The van der Waals surface area contributed by atoms with Gasteiger partial charge in [-0.25, -0.2) is 0 Å². The highest BCUT2D eigenvalue weighted by Crippen LogP contribution is 2.57. The van der Waals surface area contributed by atoms with E-state index in [1.165, 1.54) is 12.0 Å². The van der Waals surface area contributed by atoms with Crippen LogP contribution in [0.4, 0.5) is 0 Å². The normalized spacial score (nSPS) is 42.6. The highest BCUT2D eigenvalue weighted by Gasteiger charge is 2.51. The van der Waals surface area contributed by atoms with Gasteiger partial charge in [0, 0.05) is 6.61 Å². The maximum atomic E-state index is 9.63. The fraction of sp³-hybridized carbons (Fsp3) is 0.857. The van der Waals surface area contributed by atoms with Crippen LogP contribution in [-0.4, -0.2) is 23.4 Å². The Bertz CT molecular complexity index is 295. The SMILES string of the molecule is CC(C)[C@H]1CC[C@]2(C)C(CO)=C[C@@H]1[C@@H]2CO. The van der Waals surface area contributed by atoms with Gasteiger partial charge < -0.3 is 10.2 Å². The number of aliphatic hydroxyl groups is 2. The minimum Gasteiger partial charge on any atom is -0.396 e. The summed E-state index contributed by atoms with van der Waals surface area (Å²) < 4.78 is 0. The molecule has 0 saturated heterocycles. The predicted molar refractivity (Wildman–Crippen MR) is 64.9 cm³/mol. The third-order valence-electron chi connectivity index (χ3n) is 5.12. The van der Waals surface area contributed by atoms with Crippen molar-refractivity contribution in [2.24, 2.45) is 29.1 Å². The zero-order valence-corrected chi connectivity index (χ0v) is 10.6. The molecule has 2 nitrogen and oxygen atoms in total. The van der Waals surface area contributed by atoms with E-state index in [1.807, 2.05) is 0 Å². The Balaban J connectivity index is 2.32. The fourth-order valence-corrected chi connectivity index (χ4v) is 3.96. The van der Waals surface area contributed by atoms with Crippen molar-refractivity contribution >= 4 is 0 Å². The number of rotatable bonds is 3. The molecule has 2 N–H and O–H groups in total. The molecular weight excluding hydrogens is 200 g/mol. The zero-order valence-electron chi connectivity index (χ0n) is 10.6. The maximum Gasteiger partial charge on any atom is 0.0647 e. The summed E-state index contributed by atoms with van der Waals surface area (Å²) in [5.41, 5.74) is 1.22. The van der Waals surface area contributed by atoms with Gasteiger partial charge in [-0.15, -0.1) is 0 Å². The van der Waals surface area contributed by atoms with E-state index in [4.69, 9.17) is 0 Å². The van der Waals surface area contributed by atoms with Crippen LogP contribution in [0, 0.1) is 29.1 Å². The van der Waals surface area contributed by atoms with Crippen molar-refractivity contribution in [3.8, 4) is 0 Å². The first-order valence-corrected chi connectivity index (χ1v) is 6.47. The Kier molecular flexibility index (Phi) is 3.15. The molecule has 0 spiro atoms. The number of hydrogen-bond donors (Lipinski definition) is 2. The smallest absolute Gasteiger partial charge is 0.0647 e. The summed E-state index contributed by atoms with van der Waals surface area (Å²) in [6.45, 7) is 7.17. The van der Waals surface area contributed by atoms with Crippen LogP contribution >= 0.6 is 0 Å². The molecule has 0 aromatic heterocycles. The van der Waals surface area contributed by atoms with Gasteiger partial charge in [-0.2, -0.15) is 0 Å². The van der Waals surface area contributed by atoms with Crippen LogP contribution in [0.15, 0.2) is 11.6 Å². The van der Waals surface area contributed by atoms with Crippen molar-refractivity contribution in [3.05, 3.63) is 11.6 Å². The topological polar surface area (TPSA) is 40.5 Å². The minimum absolute atomic E-state index is 0.0551. The van der Waals surface area contributed by atoms with E-state index >= 15 is 0 Å². The second kappa shape index (κ2) is 4.15. The van der Waals surface area contributed by atoms with Gasteiger partial charge >= 0.3 is 0 Å². The Morgan fingerprint density at radius 2 is 2.12 bits per heavy atom. The Morgan fingerprint density at radius 1 is 1.44 bits per heavy atom. The molecular formula is C14H24O2. The first kappa shape index (κ1) is 12.1. The van der Waals surface area contributed by atoms with E-state index < -0.39 is 0 Å². The van der Waals surface area contributed by atoms with Gasteiger partial charge in [0.15, 0.2) is 0 Å². The standard InChI is InChI=1S/C14H24O2/c1-9(2)11-4-5-14(3)10(7-15)6-12(11)13(14)8-16/h6,9,11-13,15-16H,4-5,7-8H2,1-3H3/t11-,12+,13+,14-/m1/s1. The molecule has 0 unspecified atom stereocenters. The van der Waals surface area contributed by atoms with Crippen molar-refractivity contribution in [3.63, 3.8) is 0 Å². The van der Waals surface area contributed by atoms with Crippen LogP contribution < -0.4 is 0 Å². The number of fused-ring (bicyclic) bond motifs is 2. The lowest BCUT2D eigenvalue weighted by atomic mass is 9.60. The maximum absolute atomic E-state index is 9.63. The minimum atomic E-state index is 0.0551. The molecule has 92 valence electrons. The molecule has 16 heavy (non-hydrogen) atoms. The lowest BCUT2D eigenvalue weighted by Crippen LogP contribution is -2.40. The summed E-state index contributed by atoms with van der Waals surface area (Å²) in [5.74, 6) is 2.15. The van der Waals surface area contributed by atoms with E-state index in [-0.39, 0.29) is 18.6 Å². The van der Waals surface area contributed by atoms with Gasteiger partial charge in [0.05, 0.1) is 6.61 Å². The van der Waals surface area contributed by atoms with Gasteiger partial charge in [0.2, 0.25) is 0 Å². The molecule has 2 aliphatic carbocycles. The third-order valence-corrected chi connectivity index (χ3v) is 5.12. The molecule has 0 aromatic rings. The average molecular weight is 224 g/mol. The molecule has 1 saturated carbocycles. The lowest BCUT2D eigenvalue weighted by molar-refractivity contribution is 0.0236. The monoisotopic (exact) mass is 224 g/mol. The van der Waals surface area contributed by atoms with Gasteiger partial charge in [-0.05, 0) is 47.5 Å². The second-order valence-electron chi connectivity index (χ2n) is 6.08. The molecule has 0 aromatic carbocycles. The first-order valence-electron chi connectivity index (χ1n) is 6.47. The Labute approximate surface area is 98.4 Å².